The van der Waals surface area contributed by atoms with E-state index in [1.165, 1.54) is 0 Å². The molecule has 1 heterocycles. The van der Waals surface area contributed by atoms with E-state index in [2.05, 4.69) is 10.4 Å². The molecule has 1 aromatic heterocycles. The fourth-order valence-electron chi connectivity index (χ4n) is 2.93. The van der Waals surface area contributed by atoms with Gasteiger partial charge < -0.3 is 10.4 Å². The Kier molecular flexibility index (Phi) is 3.51. The number of aliphatic hydroxyl groups is 1. The number of fused-ring (bicyclic) bond motifs is 1. The lowest BCUT2D eigenvalue weighted by Gasteiger charge is -2.18. The van der Waals surface area contributed by atoms with Gasteiger partial charge in [-0.3, -0.25) is 9.48 Å². The van der Waals surface area contributed by atoms with E-state index in [4.69, 9.17) is 0 Å². The molecule has 3 rings (SSSR count). The van der Waals surface area contributed by atoms with E-state index < -0.39 is 6.10 Å². The number of carbonyl (C=O) groups excluding carboxylic acids is 1. The number of hydrogen-bond acceptors (Lipinski definition) is 3. The van der Waals surface area contributed by atoms with Gasteiger partial charge in [0, 0.05) is 13.0 Å². The number of rotatable bonds is 3. The predicted octanol–water partition coefficient (Wildman–Crippen LogP) is 1.60. The first-order chi connectivity index (χ1) is 10.1. The van der Waals surface area contributed by atoms with Crippen molar-refractivity contribution in [1.82, 2.24) is 15.1 Å². The highest BCUT2D eigenvalue weighted by Gasteiger charge is 2.32. The van der Waals surface area contributed by atoms with Gasteiger partial charge in [-0.15, -0.1) is 0 Å². The van der Waals surface area contributed by atoms with Crippen molar-refractivity contribution in [3.05, 3.63) is 52.8 Å². The van der Waals surface area contributed by atoms with Gasteiger partial charge >= 0.3 is 0 Å². The van der Waals surface area contributed by atoms with Gasteiger partial charge in [0.1, 0.15) is 5.69 Å². The minimum Gasteiger partial charge on any atom is -0.390 e. The molecule has 110 valence electrons. The van der Waals surface area contributed by atoms with Crippen molar-refractivity contribution < 1.29 is 9.90 Å². The van der Waals surface area contributed by atoms with Gasteiger partial charge in [-0.2, -0.15) is 5.10 Å². The van der Waals surface area contributed by atoms with E-state index in [1.54, 1.807) is 10.7 Å². The minimum atomic E-state index is -0.578. The molecule has 21 heavy (non-hydrogen) atoms. The summed E-state index contributed by atoms with van der Waals surface area (Å²) in [5.74, 6) is -0.196. The number of aryl methyl sites for hydroxylation is 2. The Labute approximate surface area is 123 Å². The van der Waals surface area contributed by atoms with E-state index in [0.717, 1.165) is 16.8 Å². The molecule has 1 amide bonds. The Hall–Kier alpha value is -2.14. The number of aromatic nitrogens is 2. The van der Waals surface area contributed by atoms with Crippen LogP contribution in [-0.4, -0.2) is 26.9 Å². The zero-order chi connectivity index (χ0) is 15.0. The summed E-state index contributed by atoms with van der Waals surface area (Å²) in [6, 6.07) is 9.24. The van der Waals surface area contributed by atoms with E-state index >= 15 is 0 Å². The van der Waals surface area contributed by atoms with Gasteiger partial charge in [0.2, 0.25) is 0 Å². The Bertz CT molecular complexity index is 678. The van der Waals surface area contributed by atoms with E-state index in [0.29, 0.717) is 18.7 Å². The zero-order valence-electron chi connectivity index (χ0n) is 12.2. The molecule has 0 aliphatic heterocycles. The highest BCUT2D eigenvalue weighted by atomic mass is 16.3. The van der Waals surface area contributed by atoms with Crippen LogP contribution in [-0.2, 0) is 13.0 Å². The molecular weight excluding hydrogens is 266 g/mol. The van der Waals surface area contributed by atoms with Gasteiger partial charge in [-0.25, -0.2) is 0 Å². The number of hydrogen-bond donors (Lipinski definition) is 2. The van der Waals surface area contributed by atoms with Gasteiger partial charge in [0.25, 0.3) is 5.91 Å². The van der Waals surface area contributed by atoms with Crippen LogP contribution in [0.1, 0.15) is 40.3 Å². The predicted molar refractivity (Wildman–Crippen MR) is 79.0 cm³/mol. The number of nitrogens with one attached hydrogen (secondary N) is 1. The molecule has 0 saturated carbocycles. The van der Waals surface area contributed by atoms with Crippen molar-refractivity contribution in [3.63, 3.8) is 0 Å². The summed E-state index contributed by atoms with van der Waals surface area (Å²) in [5, 5.41) is 17.4. The summed E-state index contributed by atoms with van der Waals surface area (Å²) in [6.07, 6.45) is -0.00172. The van der Waals surface area contributed by atoms with E-state index in [9.17, 15) is 9.90 Å². The summed E-state index contributed by atoms with van der Waals surface area (Å²) in [7, 11) is 0. The highest BCUT2D eigenvalue weighted by molar-refractivity contribution is 5.93. The lowest BCUT2D eigenvalue weighted by atomic mass is 10.1. The molecule has 1 aromatic carbocycles. The van der Waals surface area contributed by atoms with Gasteiger partial charge in [0.05, 0.1) is 17.8 Å². The maximum Gasteiger partial charge on any atom is 0.270 e. The molecule has 2 N–H and O–H groups in total. The van der Waals surface area contributed by atoms with Crippen molar-refractivity contribution in [2.24, 2.45) is 0 Å². The molecule has 0 spiro atoms. The van der Waals surface area contributed by atoms with Crippen LogP contribution in [0, 0.1) is 6.92 Å². The molecule has 2 atom stereocenters. The molecule has 5 heteroatoms. The molecule has 0 bridgehead atoms. The monoisotopic (exact) mass is 285 g/mol. The van der Waals surface area contributed by atoms with Crippen molar-refractivity contribution in [2.75, 3.05) is 0 Å². The molecule has 0 radical (unpaired) electrons. The Balaban J connectivity index is 1.85. The number of carbonyl (C=O) groups is 1. The number of amides is 1. The second-order valence-corrected chi connectivity index (χ2v) is 5.41. The second kappa shape index (κ2) is 5.33. The average molecular weight is 285 g/mol. The van der Waals surface area contributed by atoms with E-state index in [-0.39, 0.29) is 11.9 Å². The first kappa shape index (κ1) is 13.8. The number of aliphatic hydroxyl groups excluding tert-OH is 1. The maximum atomic E-state index is 12.5. The Morgan fingerprint density at radius 1 is 1.48 bits per heavy atom. The average Bonchev–Trinajstić information content (AvgIpc) is 3.00. The quantitative estimate of drug-likeness (QED) is 0.900. The first-order valence-electron chi connectivity index (χ1n) is 7.21. The van der Waals surface area contributed by atoms with Crippen LogP contribution in [0.3, 0.4) is 0 Å². The summed E-state index contributed by atoms with van der Waals surface area (Å²) in [6.45, 7) is 4.45. The van der Waals surface area contributed by atoms with Crippen LogP contribution in [0.15, 0.2) is 30.3 Å². The molecule has 1 aliphatic carbocycles. The number of nitrogens with zero attached hydrogens (tertiary/aromatic N) is 2. The highest BCUT2D eigenvalue weighted by Crippen LogP contribution is 2.31. The normalized spacial score (nSPS) is 20.3. The summed E-state index contributed by atoms with van der Waals surface area (Å²) in [5.41, 5.74) is 3.44. The molecule has 5 nitrogen and oxygen atoms in total. The van der Waals surface area contributed by atoms with Gasteiger partial charge in [-0.1, -0.05) is 24.3 Å². The standard InChI is InChI=1S/C16H19N3O2/c1-3-19-13(8-10(2)18-19)16(21)17-15-12-7-5-4-6-11(12)9-14(15)20/h4-8,14-15,20H,3,9H2,1-2H3,(H,17,21). The van der Waals surface area contributed by atoms with E-state index in [1.807, 2.05) is 38.1 Å². The summed E-state index contributed by atoms with van der Waals surface area (Å²) < 4.78 is 1.68. The van der Waals surface area contributed by atoms with Crippen molar-refractivity contribution in [2.45, 2.75) is 39.0 Å². The Morgan fingerprint density at radius 3 is 3.00 bits per heavy atom. The van der Waals surface area contributed by atoms with Crippen LogP contribution in [0.4, 0.5) is 0 Å². The lowest BCUT2D eigenvalue weighted by molar-refractivity contribution is 0.0848. The fourth-order valence-corrected chi connectivity index (χ4v) is 2.93. The minimum absolute atomic E-state index is 0.196. The molecule has 2 unspecified atom stereocenters. The first-order valence-corrected chi connectivity index (χ1v) is 7.21. The number of benzene rings is 1. The molecule has 2 aromatic rings. The smallest absolute Gasteiger partial charge is 0.270 e. The van der Waals surface area contributed by atoms with Crippen LogP contribution in [0.5, 0.6) is 0 Å². The van der Waals surface area contributed by atoms with Crippen LogP contribution in [0.2, 0.25) is 0 Å². The molecule has 1 aliphatic rings. The maximum absolute atomic E-state index is 12.5. The molecule has 0 fully saturated rings. The SMILES string of the molecule is CCn1nc(C)cc1C(=O)NC1c2ccccc2CC1O. The molecular formula is C16H19N3O2. The largest absolute Gasteiger partial charge is 0.390 e. The van der Waals surface area contributed by atoms with Crippen molar-refractivity contribution in [3.8, 4) is 0 Å². The van der Waals surface area contributed by atoms with Gasteiger partial charge in [0.15, 0.2) is 0 Å². The van der Waals surface area contributed by atoms with Gasteiger partial charge in [-0.05, 0) is 31.0 Å². The topological polar surface area (TPSA) is 67.2 Å². The molecule has 0 saturated heterocycles. The van der Waals surface area contributed by atoms with Crippen molar-refractivity contribution >= 4 is 5.91 Å². The third kappa shape index (κ3) is 2.45. The summed E-state index contributed by atoms with van der Waals surface area (Å²) in [4.78, 5) is 12.5. The second-order valence-electron chi connectivity index (χ2n) is 5.41. The zero-order valence-corrected chi connectivity index (χ0v) is 12.2. The third-order valence-electron chi connectivity index (χ3n) is 3.92. The summed E-state index contributed by atoms with van der Waals surface area (Å²) >= 11 is 0. The third-order valence-corrected chi connectivity index (χ3v) is 3.92. The van der Waals surface area contributed by atoms with Crippen molar-refractivity contribution in [1.29, 1.82) is 0 Å². The van der Waals surface area contributed by atoms with Crippen LogP contribution in [0.25, 0.3) is 0 Å². The Morgan fingerprint density at radius 2 is 2.24 bits per heavy atom. The fraction of sp³-hybridized carbons (Fsp3) is 0.375. The lowest BCUT2D eigenvalue weighted by Crippen LogP contribution is -2.35. The van der Waals surface area contributed by atoms with Crippen LogP contribution >= 0.6 is 0 Å². The van der Waals surface area contributed by atoms with Crippen LogP contribution < -0.4 is 5.32 Å².